The predicted molar refractivity (Wildman–Crippen MR) is 82.4 cm³/mol. The normalized spacial score (nSPS) is 11.9. The summed E-state index contributed by atoms with van der Waals surface area (Å²) in [5.41, 5.74) is 14.4. The van der Waals surface area contributed by atoms with Crippen LogP contribution in [0.5, 0.6) is 0 Å². The van der Waals surface area contributed by atoms with Crippen molar-refractivity contribution in [2.45, 2.75) is 19.9 Å². The molecule has 0 aliphatic rings. The Balaban J connectivity index is 2.33. The summed E-state index contributed by atoms with van der Waals surface area (Å²) in [5.74, 6) is -1.22. The van der Waals surface area contributed by atoms with Crippen molar-refractivity contribution in [2.75, 3.05) is 5.32 Å². The summed E-state index contributed by atoms with van der Waals surface area (Å²) in [6.07, 6.45) is 0. The number of amides is 2. The van der Waals surface area contributed by atoms with Crippen molar-refractivity contribution in [3.05, 3.63) is 45.4 Å². The Hall–Kier alpha value is -2.41. The standard InChI is InChI=1S/C14H16N4O2S/c1-7-12(21-6-17-7)8(2)18-11-4-9(13(15)19)3-10(5-11)14(16)20/h3-6,8,18H,1-2H3,(H2,15,19)(H2,16,20). The number of nitrogens with zero attached hydrogens (tertiary/aromatic N) is 1. The van der Waals surface area contributed by atoms with Crippen LogP contribution in [0.1, 0.15) is 44.3 Å². The number of rotatable bonds is 5. The lowest BCUT2D eigenvalue weighted by Gasteiger charge is -2.15. The number of thiazole rings is 1. The van der Waals surface area contributed by atoms with E-state index in [1.54, 1.807) is 29.0 Å². The number of primary amides is 2. The third-order valence-electron chi connectivity index (χ3n) is 3.06. The van der Waals surface area contributed by atoms with Gasteiger partial charge in [0.05, 0.1) is 17.2 Å². The van der Waals surface area contributed by atoms with Gasteiger partial charge < -0.3 is 16.8 Å². The highest BCUT2D eigenvalue weighted by atomic mass is 32.1. The number of aromatic nitrogens is 1. The smallest absolute Gasteiger partial charge is 0.248 e. The van der Waals surface area contributed by atoms with E-state index in [-0.39, 0.29) is 17.2 Å². The van der Waals surface area contributed by atoms with Crippen LogP contribution in [-0.2, 0) is 0 Å². The fourth-order valence-corrected chi connectivity index (χ4v) is 2.85. The topological polar surface area (TPSA) is 111 Å². The zero-order valence-corrected chi connectivity index (χ0v) is 12.5. The van der Waals surface area contributed by atoms with Gasteiger partial charge in [0.15, 0.2) is 0 Å². The minimum Gasteiger partial charge on any atom is -0.378 e. The van der Waals surface area contributed by atoms with Crippen LogP contribution in [0.3, 0.4) is 0 Å². The monoisotopic (exact) mass is 304 g/mol. The average Bonchev–Trinajstić information content (AvgIpc) is 2.84. The molecule has 21 heavy (non-hydrogen) atoms. The lowest BCUT2D eigenvalue weighted by molar-refractivity contribution is 0.0999. The maximum Gasteiger partial charge on any atom is 0.248 e. The van der Waals surface area contributed by atoms with Gasteiger partial charge in [0.25, 0.3) is 0 Å². The van der Waals surface area contributed by atoms with Crippen molar-refractivity contribution in [1.82, 2.24) is 4.98 Å². The van der Waals surface area contributed by atoms with Crippen molar-refractivity contribution in [2.24, 2.45) is 11.5 Å². The number of hydrogen-bond donors (Lipinski definition) is 3. The summed E-state index contributed by atoms with van der Waals surface area (Å²) in [7, 11) is 0. The molecule has 1 atom stereocenters. The van der Waals surface area contributed by atoms with Crippen LogP contribution < -0.4 is 16.8 Å². The van der Waals surface area contributed by atoms with E-state index in [4.69, 9.17) is 11.5 Å². The summed E-state index contributed by atoms with van der Waals surface area (Å²) < 4.78 is 0. The minimum atomic E-state index is -0.609. The first kappa shape index (κ1) is 15.0. The van der Waals surface area contributed by atoms with Crippen LogP contribution in [0.4, 0.5) is 5.69 Å². The largest absolute Gasteiger partial charge is 0.378 e. The molecule has 0 saturated heterocycles. The average molecular weight is 304 g/mol. The van der Waals surface area contributed by atoms with E-state index >= 15 is 0 Å². The molecule has 1 heterocycles. The maximum atomic E-state index is 11.3. The number of nitrogens with two attached hydrogens (primary N) is 2. The lowest BCUT2D eigenvalue weighted by Crippen LogP contribution is -2.17. The van der Waals surface area contributed by atoms with E-state index in [1.807, 2.05) is 13.8 Å². The van der Waals surface area contributed by atoms with Crippen LogP contribution >= 0.6 is 11.3 Å². The van der Waals surface area contributed by atoms with Crippen LogP contribution in [0.25, 0.3) is 0 Å². The van der Waals surface area contributed by atoms with Gasteiger partial charge in [-0.15, -0.1) is 11.3 Å². The molecule has 0 aliphatic carbocycles. The van der Waals surface area contributed by atoms with Crippen LogP contribution in [0.2, 0.25) is 0 Å². The molecule has 0 aliphatic heterocycles. The summed E-state index contributed by atoms with van der Waals surface area (Å²) in [5, 5.41) is 3.23. The number of aryl methyl sites for hydroxylation is 1. The summed E-state index contributed by atoms with van der Waals surface area (Å²) in [6, 6.07) is 4.57. The number of carbonyl (C=O) groups is 2. The Bertz CT molecular complexity index is 664. The Morgan fingerprint density at radius 2 is 1.76 bits per heavy atom. The van der Waals surface area contributed by atoms with Crippen molar-refractivity contribution < 1.29 is 9.59 Å². The lowest BCUT2D eigenvalue weighted by atomic mass is 10.1. The second kappa shape index (κ2) is 5.92. The molecule has 7 heteroatoms. The van der Waals surface area contributed by atoms with Gasteiger partial charge >= 0.3 is 0 Å². The van der Waals surface area contributed by atoms with Gasteiger partial charge in [-0.2, -0.15) is 0 Å². The molecule has 110 valence electrons. The number of hydrogen-bond acceptors (Lipinski definition) is 5. The van der Waals surface area contributed by atoms with E-state index < -0.39 is 11.8 Å². The highest BCUT2D eigenvalue weighted by Gasteiger charge is 2.14. The SMILES string of the molecule is Cc1ncsc1C(C)Nc1cc(C(N)=O)cc(C(N)=O)c1. The van der Waals surface area contributed by atoms with E-state index in [1.165, 1.54) is 6.07 Å². The van der Waals surface area contributed by atoms with Crippen LogP contribution in [-0.4, -0.2) is 16.8 Å². The van der Waals surface area contributed by atoms with Gasteiger partial charge in [-0.1, -0.05) is 0 Å². The number of anilines is 1. The maximum absolute atomic E-state index is 11.3. The molecule has 5 N–H and O–H groups in total. The molecule has 0 bridgehead atoms. The van der Waals surface area contributed by atoms with Gasteiger partial charge in [0, 0.05) is 21.7 Å². The zero-order valence-electron chi connectivity index (χ0n) is 11.7. The first-order valence-electron chi connectivity index (χ1n) is 6.29. The summed E-state index contributed by atoms with van der Waals surface area (Å²) >= 11 is 1.54. The zero-order chi connectivity index (χ0) is 15.6. The van der Waals surface area contributed by atoms with Crippen molar-refractivity contribution >= 4 is 28.8 Å². The molecule has 0 fully saturated rings. The first-order chi connectivity index (χ1) is 9.88. The Labute approximate surface area is 126 Å². The number of carbonyl (C=O) groups excluding carboxylic acids is 2. The number of nitrogens with one attached hydrogen (secondary N) is 1. The van der Waals surface area contributed by atoms with Crippen LogP contribution in [0.15, 0.2) is 23.7 Å². The highest BCUT2D eigenvalue weighted by molar-refractivity contribution is 7.09. The first-order valence-corrected chi connectivity index (χ1v) is 7.17. The summed E-state index contributed by atoms with van der Waals surface area (Å²) in [6.45, 7) is 3.90. The van der Waals surface area contributed by atoms with Crippen molar-refractivity contribution in [3.63, 3.8) is 0 Å². The van der Waals surface area contributed by atoms with E-state index in [2.05, 4.69) is 10.3 Å². The second-order valence-electron chi connectivity index (χ2n) is 4.70. The molecule has 0 spiro atoms. The molecule has 1 unspecified atom stereocenters. The second-order valence-corrected chi connectivity index (χ2v) is 5.58. The molecule has 2 aromatic rings. The molecule has 2 rings (SSSR count). The van der Waals surface area contributed by atoms with E-state index in [9.17, 15) is 9.59 Å². The molecule has 0 saturated carbocycles. The van der Waals surface area contributed by atoms with Crippen molar-refractivity contribution in [1.29, 1.82) is 0 Å². The van der Waals surface area contributed by atoms with Crippen LogP contribution in [0, 0.1) is 6.92 Å². The van der Waals surface area contributed by atoms with Crippen molar-refractivity contribution in [3.8, 4) is 0 Å². The fraction of sp³-hybridized carbons (Fsp3) is 0.214. The van der Waals surface area contributed by atoms with Gasteiger partial charge in [0.1, 0.15) is 0 Å². The molecular weight excluding hydrogens is 288 g/mol. The molecule has 1 aromatic carbocycles. The Morgan fingerprint density at radius 1 is 1.19 bits per heavy atom. The molecule has 1 aromatic heterocycles. The highest BCUT2D eigenvalue weighted by Crippen LogP contribution is 2.26. The van der Waals surface area contributed by atoms with Gasteiger partial charge in [-0.25, -0.2) is 4.98 Å². The van der Waals surface area contributed by atoms with E-state index in [0.29, 0.717) is 5.69 Å². The van der Waals surface area contributed by atoms with Gasteiger partial charge in [0.2, 0.25) is 11.8 Å². The van der Waals surface area contributed by atoms with E-state index in [0.717, 1.165) is 10.6 Å². The molecule has 2 amide bonds. The summed E-state index contributed by atoms with van der Waals surface area (Å²) in [4.78, 5) is 27.9. The molecular formula is C14H16N4O2S. The quantitative estimate of drug-likeness (QED) is 0.782. The fourth-order valence-electron chi connectivity index (χ4n) is 2.04. The molecule has 0 radical (unpaired) electrons. The third kappa shape index (κ3) is 3.38. The Morgan fingerprint density at radius 3 is 2.19 bits per heavy atom. The Kier molecular flexibility index (Phi) is 4.23. The third-order valence-corrected chi connectivity index (χ3v) is 4.17. The van der Waals surface area contributed by atoms with Gasteiger partial charge in [-0.05, 0) is 32.0 Å². The predicted octanol–water partition coefficient (Wildman–Crippen LogP) is 1.82. The van der Waals surface area contributed by atoms with Gasteiger partial charge in [-0.3, -0.25) is 9.59 Å². The molecule has 6 nitrogen and oxygen atoms in total. The number of benzene rings is 1. The minimum absolute atomic E-state index is 0.0126.